The molecule has 8 heteroatoms. The summed E-state index contributed by atoms with van der Waals surface area (Å²) < 4.78 is 3.19. The van der Waals surface area contributed by atoms with Gasteiger partial charge in [-0.1, -0.05) is 0 Å². The predicted molar refractivity (Wildman–Crippen MR) is 24.1 cm³/mol. The molecule has 0 spiro atoms. The molecule has 0 aliphatic carbocycles. The highest BCUT2D eigenvalue weighted by Crippen LogP contribution is 1.81. The van der Waals surface area contributed by atoms with Crippen LogP contribution < -0.4 is 0 Å². The summed E-state index contributed by atoms with van der Waals surface area (Å²) in [6.07, 6.45) is 0. The molecule has 0 aliphatic rings. The summed E-state index contributed by atoms with van der Waals surface area (Å²) in [6.45, 7) is 0. The van der Waals surface area contributed by atoms with Crippen molar-refractivity contribution in [2.45, 2.75) is 0 Å². The molecule has 9 heavy (non-hydrogen) atoms. The predicted octanol–water partition coefficient (Wildman–Crippen LogP) is -1.07. The summed E-state index contributed by atoms with van der Waals surface area (Å²) in [6, 6.07) is 0. The Kier molecular flexibility index (Phi) is 2.46. The van der Waals surface area contributed by atoms with Gasteiger partial charge in [-0.25, -0.2) is 0 Å². The maximum Gasteiger partial charge on any atom is 0.621 e. The van der Waals surface area contributed by atoms with Gasteiger partial charge in [0, 0.05) is 0 Å². The Bertz CT molecular complexity index is 133. The molecule has 0 aliphatic heterocycles. The van der Waals surface area contributed by atoms with Crippen molar-refractivity contribution in [1.82, 2.24) is 0 Å². The Hall–Kier alpha value is -1.31. The second-order valence-electron chi connectivity index (χ2n) is 1.02. The zero-order valence-corrected chi connectivity index (χ0v) is 4.05. The van der Waals surface area contributed by atoms with Gasteiger partial charge >= 0.3 is 13.0 Å². The van der Waals surface area contributed by atoms with E-state index in [9.17, 15) is 14.9 Å². The van der Waals surface area contributed by atoms with E-state index in [2.05, 4.69) is 4.76 Å². The standard InChI is InChI=1S/CH2BNO6/c4-1(5)2(6)9-3(7)8/h6H,(H,4,5). The van der Waals surface area contributed by atoms with Crippen LogP contribution in [0.25, 0.3) is 0 Å². The highest BCUT2D eigenvalue weighted by Gasteiger charge is 2.27. The first-order chi connectivity index (χ1) is 4.04. The van der Waals surface area contributed by atoms with Crippen molar-refractivity contribution in [3.63, 3.8) is 0 Å². The first kappa shape index (κ1) is 7.69. The van der Waals surface area contributed by atoms with Crippen molar-refractivity contribution in [3.8, 4) is 0 Å². The summed E-state index contributed by atoms with van der Waals surface area (Å²) in [5.74, 6) is -1.80. The summed E-state index contributed by atoms with van der Waals surface area (Å²) in [4.78, 5) is 18.8. The molecule has 0 aromatic rings. The molecule has 0 unspecified atom stereocenters. The summed E-state index contributed by atoms with van der Waals surface area (Å²) in [7, 11) is -2.39. The van der Waals surface area contributed by atoms with Gasteiger partial charge in [-0.15, -0.1) is 10.1 Å². The first-order valence-electron chi connectivity index (χ1n) is 1.76. The number of hydrogen-bond acceptors (Lipinski definition) is 5. The van der Waals surface area contributed by atoms with E-state index < -0.39 is 18.1 Å². The van der Waals surface area contributed by atoms with Crippen molar-refractivity contribution >= 4 is 13.0 Å². The van der Waals surface area contributed by atoms with Gasteiger partial charge in [0.2, 0.25) is 0 Å². The number of rotatable bonds is 3. The number of nitrogens with zero attached hydrogens (tertiary/aromatic N) is 1. The number of carbonyl (C=O) groups is 1. The van der Waals surface area contributed by atoms with E-state index in [0.29, 0.717) is 0 Å². The zero-order valence-electron chi connectivity index (χ0n) is 4.05. The fourth-order valence-electron chi connectivity index (χ4n) is 0.127. The van der Waals surface area contributed by atoms with Crippen LogP contribution in [-0.2, 0) is 4.76 Å². The van der Waals surface area contributed by atoms with Crippen LogP contribution in [0.3, 0.4) is 0 Å². The molecule has 0 aromatic heterocycles. The van der Waals surface area contributed by atoms with E-state index in [1.165, 1.54) is 0 Å². The average Bonchev–Trinajstić information content (AvgIpc) is 1.63. The van der Waals surface area contributed by atoms with Crippen LogP contribution in [0, 0.1) is 10.1 Å². The van der Waals surface area contributed by atoms with Crippen LogP contribution in [-0.4, -0.2) is 28.2 Å². The molecule has 7 nitrogen and oxygen atoms in total. The Morgan fingerprint density at radius 3 is 2.33 bits per heavy atom. The van der Waals surface area contributed by atoms with Gasteiger partial charge in [-0.05, 0) is 0 Å². The molecular weight excluding hydrogens is 133 g/mol. The molecule has 0 radical (unpaired) electrons. The second-order valence-corrected chi connectivity index (χ2v) is 1.02. The van der Waals surface area contributed by atoms with Gasteiger partial charge in [-0.3, -0.25) is 4.79 Å². The number of carboxylic acid groups (broad SMARTS) is 1. The minimum absolute atomic E-state index is 1.39. The van der Waals surface area contributed by atoms with E-state index in [0.717, 1.165) is 0 Å². The lowest BCUT2D eigenvalue weighted by molar-refractivity contribution is -0.720. The van der Waals surface area contributed by atoms with Gasteiger partial charge < -0.3 is 14.9 Å². The van der Waals surface area contributed by atoms with E-state index >= 15 is 0 Å². The smallest absolute Gasteiger partial charge is 0.485 e. The Balaban J connectivity index is 3.63. The molecular formula is CH2BNO6. The average molecular weight is 135 g/mol. The van der Waals surface area contributed by atoms with Crippen molar-refractivity contribution in [2.75, 3.05) is 0 Å². The third-order valence-corrected chi connectivity index (χ3v) is 0.397. The minimum atomic E-state index is -2.39. The zero-order chi connectivity index (χ0) is 7.44. The highest BCUT2D eigenvalue weighted by molar-refractivity contribution is 6.77. The van der Waals surface area contributed by atoms with Gasteiger partial charge in [0.25, 0.3) is 5.09 Å². The summed E-state index contributed by atoms with van der Waals surface area (Å²) in [5, 5.41) is 23.7. The van der Waals surface area contributed by atoms with E-state index in [1.807, 2.05) is 0 Å². The molecule has 0 fully saturated rings. The maximum absolute atomic E-state index is 9.56. The van der Waals surface area contributed by atoms with Crippen LogP contribution in [0.15, 0.2) is 0 Å². The van der Waals surface area contributed by atoms with Gasteiger partial charge in [-0.2, -0.15) is 0 Å². The molecule has 0 aromatic carbocycles. The van der Waals surface area contributed by atoms with Crippen LogP contribution in [0.1, 0.15) is 0 Å². The van der Waals surface area contributed by atoms with Crippen molar-refractivity contribution in [3.05, 3.63) is 10.1 Å². The quantitative estimate of drug-likeness (QED) is 0.289. The Morgan fingerprint density at radius 1 is 1.78 bits per heavy atom. The van der Waals surface area contributed by atoms with E-state index in [4.69, 9.17) is 10.1 Å². The molecule has 0 heterocycles. The maximum atomic E-state index is 9.56. The third-order valence-electron chi connectivity index (χ3n) is 0.397. The molecule has 0 amide bonds. The van der Waals surface area contributed by atoms with Gasteiger partial charge in [0.1, 0.15) is 0 Å². The molecule has 50 valence electrons. The lowest BCUT2D eigenvalue weighted by atomic mass is 9.93. The van der Waals surface area contributed by atoms with E-state index in [1.54, 1.807) is 0 Å². The Morgan fingerprint density at radius 2 is 2.22 bits per heavy atom. The van der Waals surface area contributed by atoms with Crippen molar-refractivity contribution in [1.29, 1.82) is 0 Å². The minimum Gasteiger partial charge on any atom is -0.485 e. The van der Waals surface area contributed by atoms with Crippen LogP contribution in [0.2, 0.25) is 0 Å². The van der Waals surface area contributed by atoms with Crippen LogP contribution in [0.4, 0.5) is 4.79 Å². The fourth-order valence-corrected chi connectivity index (χ4v) is 0.127. The third kappa shape index (κ3) is 3.29. The number of hydrogen-bond donors (Lipinski definition) is 2. The van der Waals surface area contributed by atoms with Crippen LogP contribution >= 0.6 is 0 Å². The SMILES string of the molecule is O=C(O)B(O)O[N+](=O)[O-]. The van der Waals surface area contributed by atoms with Gasteiger partial charge in [0.05, 0.1) is 0 Å². The summed E-state index contributed by atoms with van der Waals surface area (Å²) >= 11 is 0. The highest BCUT2D eigenvalue weighted by atomic mass is 16.9. The second kappa shape index (κ2) is 2.87. The Labute approximate surface area is 49.1 Å². The van der Waals surface area contributed by atoms with Crippen LogP contribution in [0.5, 0.6) is 0 Å². The van der Waals surface area contributed by atoms with Gasteiger partial charge in [0.15, 0.2) is 0 Å². The van der Waals surface area contributed by atoms with E-state index in [-0.39, 0.29) is 0 Å². The van der Waals surface area contributed by atoms with Crippen molar-refractivity contribution in [2.24, 2.45) is 0 Å². The largest absolute Gasteiger partial charge is 0.621 e. The summed E-state index contributed by atoms with van der Waals surface area (Å²) in [5.41, 5.74) is 0. The molecule has 2 N–H and O–H groups in total. The fraction of sp³-hybridized carbons (Fsp3) is 0. The first-order valence-corrected chi connectivity index (χ1v) is 1.76. The molecule has 0 saturated heterocycles. The lowest BCUT2D eigenvalue weighted by Gasteiger charge is -1.94. The molecule has 0 rings (SSSR count). The topological polar surface area (TPSA) is 110 Å². The molecule has 0 atom stereocenters. The lowest BCUT2D eigenvalue weighted by Crippen LogP contribution is -2.30. The normalized spacial score (nSPS) is 8.11. The monoisotopic (exact) mass is 135 g/mol. The molecule has 0 bridgehead atoms. The molecule has 0 saturated carbocycles. The van der Waals surface area contributed by atoms with Crippen molar-refractivity contribution < 1.29 is 24.8 Å².